The van der Waals surface area contributed by atoms with Crippen LogP contribution in [0, 0.1) is 5.41 Å². The van der Waals surface area contributed by atoms with Crippen LogP contribution in [-0.4, -0.2) is 23.5 Å². The van der Waals surface area contributed by atoms with Gasteiger partial charge in [-0.05, 0) is 41.1 Å². The van der Waals surface area contributed by atoms with Crippen LogP contribution in [0.15, 0.2) is 6.07 Å². The van der Waals surface area contributed by atoms with E-state index in [0.717, 1.165) is 55.1 Å². The van der Waals surface area contributed by atoms with E-state index in [1.54, 1.807) is 7.85 Å². The van der Waals surface area contributed by atoms with Gasteiger partial charge in [0.05, 0.1) is 0 Å². The number of alkyl halides is 3. The van der Waals surface area contributed by atoms with Gasteiger partial charge < -0.3 is 0 Å². The lowest BCUT2D eigenvalue weighted by Crippen LogP contribution is -2.42. The largest absolute Gasteiger partial charge is 0.415 e. The predicted octanol–water partition coefficient (Wildman–Crippen LogP) is 3.58. The van der Waals surface area contributed by atoms with Gasteiger partial charge in [-0.2, -0.15) is 13.2 Å². The standard InChI is InChI=1S/C22H38B3F3/c1-7-10-12-20(4,5)14-13-15(22(26,27)28)17(23)18(24)16(14)19(25)21(6,9-3)11-8-2/h13,19H,7-12,23-25H2,1-6H3. The summed E-state index contributed by atoms with van der Waals surface area (Å²) in [6, 6.07) is 1.48. The lowest BCUT2D eigenvalue weighted by atomic mass is 9.54. The van der Waals surface area contributed by atoms with Crippen molar-refractivity contribution in [2.75, 3.05) is 0 Å². The molecule has 0 bridgehead atoms. The first-order valence-electron chi connectivity index (χ1n) is 11.0. The van der Waals surface area contributed by atoms with Gasteiger partial charge in [0.15, 0.2) is 0 Å². The smallest absolute Gasteiger partial charge is 0.166 e. The molecule has 0 aromatic heterocycles. The molecule has 0 amide bonds. The number of rotatable bonds is 9. The molecular weight excluding hydrogens is 354 g/mol. The fourth-order valence-electron chi connectivity index (χ4n) is 4.72. The quantitative estimate of drug-likeness (QED) is 0.564. The van der Waals surface area contributed by atoms with Crippen molar-refractivity contribution in [3.8, 4) is 0 Å². The highest BCUT2D eigenvalue weighted by molar-refractivity contribution is 6.50. The van der Waals surface area contributed by atoms with E-state index >= 15 is 0 Å². The van der Waals surface area contributed by atoms with Crippen LogP contribution >= 0.6 is 0 Å². The molecule has 0 aliphatic carbocycles. The summed E-state index contributed by atoms with van der Waals surface area (Å²) in [6.45, 7) is 13.1. The number of unbranched alkanes of at least 4 members (excludes halogenated alkanes) is 1. The maximum atomic E-state index is 13.8. The molecule has 1 aromatic rings. The minimum atomic E-state index is -4.32. The summed E-state index contributed by atoms with van der Waals surface area (Å²) in [4.78, 5) is 0. The third-order valence-electron chi connectivity index (χ3n) is 7.25. The van der Waals surface area contributed by atoms with Crippen LogP contribution in [0.4, 0.5) is 13.2 Å². The van der Waals surface area contributed by atoms with Gasteiger partial charge in [0.25, 0.3) is 0 Å². The Morgan fingerprint density at radius 3 is 1.89 bits per heavy atom. The molecule has 28 heavy (non-hydrogen) atoms. The van der Waals surface area contributed by atoms with Gasteiger partial charge in [0.1, 0.15) is 23.5 Å². The van der Waals surface area contributed by atoms with Gasteiger partial charge in [-0.15, -0.1) is 0 Å². The van der Waals surface area contributed by atoms with Gasteiger partial charge in [-0.25, -0.2) is 0 Å². The van der Waals surface area contributed by atoms with Crippen molar-refractivity contribution in [1.82, 2.24) is 0 Å². The lowest BCUT2D eigenvalue weighted by Gasteiger charge is -2.41. The van der Waals surface area contributed by atoms with E-state index in [9.17, 15) is 13.2 Å². The van der Waals surface area contributed by atoms with Gasteiger partial charge >= 0.3 is 6.18 Å². The predicted molar refractivity (Wildman–Crippen MR) is 125 cm³/mol. The monoisotopic (exact) mass is 392 g/mol. The molecule has 2 unspecified atom stereocenters. The van der Waals surface area contributed by atoms with Crippen LogP contribution in [0.1, 0.15) is 103 Å². The Balaban J connectivity index is 3.81. The number of hydrogen-bond acceptors (Lipinski definition) is 0. The van der Waals surface area contributed by atoms with E-state index in [1.807, 2.05) is 7.85 Å². The van der Waals surface area contributed by atoms with Crippen molar-refractivity contribution in [2.24, 2.45) is 5.41 Å². The molecule has 0 saturated heterocycles. The van der Waals surface area contributed by atoms with Crippen LogP contribution in [0.3, 0.4) is 0 Å². The zero-order chi connectivity index (χ0) is 21.9. The van der Waals surface area contributed by atoms with Gasteiger partial charge in [0, 0.05) is 5.56 Å². The second-order valence-corrected chi connectivity index (χ2v) is 9.60. The summed E-state index contributed by atoms with van der Waals surface area (Å²) in [6.07, 6.45) is 1.85. The molecule has 0 spiro atoms. The lowest BCUT2D eigenvalue weighted by molar-refractivity contribution is -0.136. The SMILES string of the molecule is Bc1c(C(F)(F)F)cc(C(C)(C)CCCC)c(C(B)C(C)(CC)CCC)c1B. The highest BCUT2D eigenvalue weighted by atomic mass is 19.4. The maximum Gasteiger partial charge on any atom is 0.415 e. The van der Waals surface area contributed by atoms with Gasteiger partial charge in [-0.3, -0.25) is 0 Å². The van der Waals surface area contributed by atoms with E-state index in [2.05, 4.69) is 49.4 Å². The fraction of sp³-hybridized carbons (Fsp3) is 0.727. The van der Waals surface area contributed by atoms with E-state index < -0.39 is 11.7 Å². The summed E-state index contributed by atoms with van der Waals surface area (Å²) >= 11 is 0. The highest BCUT2D eigenvalue weighted by Gasteiger charge is 2.39. The summed E-state index contributed by atoms with van der Waals surface area (Å²) < 4.78 is 41.4. The highest BCUT2D eigenvalue weighted by Crippen LogP contribution is 2.44. The first kappa shape index (κ1) is 25.2. The summed E-state index contributed by atoms with van der Waals surface area (Å²) in [5.41, 5.74) is 2.62. The maximum absolute atomic E-state index is 13.8. The topological polar surface area (TPSA) is 0 Å². The zero-order valence-corrected chi connectivity index (χ0v) is 19.5. The molecule has 0 nitrogen and oxygen atoms in total. The molecular formula is C22H38B3F3. The molecule has 6 heteroatoms. The Kier molecular flexibility index (Phi) is 8.43. The van der Waals surface area contributed by atoms with E-state index in [4.69, 9.17) is 0 Å². The average molecular weight is 392 g/mol. The summed E-state index contributed by atoms with van der Waals surface area (Å²) in [7, 11) is 5.77. The van der Waals surface area contributed by atoms with Crippen LogP contribution in [-0.2, 0) is 11.6 Å². The van der Waals surface area contributed by atoms with Crippen molar-refractivity contribution < 1.29 is 13.2 Å². The molecule has 0 N–H and O–H groups in total. The van der Waals surface area contributed by atoms with Crippen LogP contribution in [0.5, 0.6) is 0 Å². The molecule has 1 rings (SSSR count). The zero-order valence-electron chi connectivity index (χ0n) is 19.5. The molecule has 0 radical (unpaired) electrons. The second-order valence-electron chi connectivity index (χ2n) is 9.60. The molecule has 0 saturated carbocycles. The first-order chi connectivity index (χ1) is 12.8. The van der Waals surface area contributed by atoms with Gasteiger partial charge in [-0.1, -0.05) is 83.7 Å². The Bertz CT molecular complexity index is 668. The molecule has 0 heterocycles. The van der Waals surface area contributed by atoms with Crippen molar-refractivity contribution in [2.45, 2.75) is 97.5 Å². The fourth-order valence-corrected chi connectivity index (χ4v) is 4.72. The summed E-state index contributed by atoms with van der Waals surface area (Å²) in [5.74, 6) is 0.217. The summed E-state index contributed by atoms with van der Waals surface area (Å²) in [5, 5.41) is 0. The Morgan fingerprint density at radius 2 is 1.46 bits per heavy atom. The molecule has 2 atom stereocenters. The Morgan fingerprint density at radius 1 is 0.893 bits per heavy atom. The molecule has 0 aliphatic rings. The third kappa shape index (κ3) is 5.22. The Hall–Kier alpha value is -0.795. The first-order valence-corrected chi connectivity index (χ1v) is 11.0. The molecule has 1 aromatic carbocycles. The number of benzene rings is 1. The molecule has 156 valence electrons. The number of hydrogen-bond donors (Lipinski definition) is 0. The van der Waals surface area contributed by atoms with Crippen molar-refractivity contribution >= 4 is 34.5 Å². The van der Waals surface area contributed by atoms with E-state index in [-0.39, 0.29) is 16.6 Å². The normalized spacial score (nSPS) is 16.0. The van der Waals surface area contributed by atoms with Crippen LogP contribution < -0.4 is 10.9 Å². The van der Waals surface area contributed by atoms with Crippen molar-refractivity contribution in [3.05, 3.63) is 22.8 Å². The number of halogens is 3. The Labute approximate surface area is 173 Å². The minimum Gasteiger partial charge on any atom is -0.166 e. The molecule has 0 fully saturated rings. The van der Waals surface area contributed by atoms with Crippen molar-refractivity contribution in [1.29, 1.82) is 0 Å². The van der Waals surface area contributed by atoms with E-state index in [1.165, 1.54) is 6.07 Å². The minimum absolute atomic E-state index is 0.0846. The average Bonchev–Trinajstić information content (AvgIpc) is 2.60. The van der Waals surface area contributed by atoms with Gasteiger partial charge in [0.2, 0.25) is 0 Å². The third-order valence-corrected chi connectivity index (χ3v) is 7.25. The van der Waals surface area contributed by atoms with Crippen molar-refractivity contribution in [3.63, 3.8) is 0 Å². The molecule has 0 aliphatic heterocycles. The second kappa shape index (κ2) is 9.35. The van der Waals surface area contributed by atoms with E-state index in [0.29, 0.717) is 5.46 Å². The van der Waals surface area contributed by atoms with Crippen LogP contribution in [0.2, 0.25) is 0 Å². The van der Waals surface area contributed by atoms with Crippen LogP contribution in [0.25, 0.3) is 0 Å².